The lowest BCUT2D eigenvalue weighted by Gasteiger charge is -2.41. The lowest BCUT2D eigenvalue weighted by atomic mass is 10.1. The fourth-order valence-corrected chi connectivity index (χ4v) is 5.32. The number of nitrogens with zero attached hydrogens (tertiary/aromatic N) is 1. The van der Waals surface area contributed by atoms with Crippen molar-refractivity contribution in [3.8, 4) is 0 Å². The molecule has 1 aliphatic rings. The molecule has 1 atom stereocenters. The monoisotopic (exact) mass is 377 g/mol. The molecule has 7 heteroatoms. The van der Waals surface area contributed by atoms with Gasteiger partial charge < -0.3 is 9.84 Å². The molecule has 5 nitrogen and oxygen atoms in total. The van der Waals surface area contributed by atoms with Crippen LogP contribution in [0.15, 0.2) is 27.6 Å². The van der Waals surface area contributed by atoms with Gasteiger partial charge in [0.2, 0.25) is 10.0 Å². The van der Waals surface area contributed by atoms with Crippen molar-refractivity contribution < 1.29 is 18.3 Å². The van der Waals surface area contributed by atoms with Crippen LogP contribution in [0.25, 0.3) is 0 Å². The van der Waals surface area contributed by atoms with Gasteiger partial charge in [0.05, 0.1) is 23.2 Å². The SMILES string of the molecule is CC1CN(S(=O)(=O)c2ccc(CO)cc2Br)CC(C)(C)O1. The summed E-state index contributed by atoms with van der Waals surface area (Å²) < 4.78 is 33.3. The summed E-state index contributed by atoms with van der Waals surface area (Å²) in [5.41, 5.74) is 0.152. The highest BCUT2D eigenvalue weighted by atomic mass is 79.9. The maximum absolute atomic E-state index is 12.8. The Morgan fingerprint density at radius 2 is 2.14 bits per heavy atom. The van der Waals surface area contributed by atoms with Gasteiger partial charge in [-0.25, -0.2) is 8.42 Å². The Balaban J connectivity index is 2.38. The molecular formula is C14H20BrNO4S. The van der Waals surface area contributed by atoms with Crippen LogP contribution < -0.4 is 0 Å². The van der Waals surface area contributed by atoms with Crippen LogP contribution in [0, 0.1) is 0 Å². The quantitative estimate of drug-likeness (QED) is 0.875. The molecule has 1 unspecified atom stereocenters. The molecule has 0 radical (unpaired) electrons. The number of aliphatic hydroxyl groups is 1. The van der Waals surface area contributed by atoms with Crippen molar-refractivity contribution in [3.63, 3.8) is 0 Å². The third-order valence-corrected chi connectivity index (χ3v) is 6.12. The van der Waals surface area contributed by atoms with Gasteiger partial charge in [-0.2, -0.15) is 4.31 Å². The summed E-state index contributed by atoms with van der Waals surface area (Å²) in [5.74, 6) is 0. The predicted octanol–water partition coefficient (Wildman–Crippen LogP) is 2.13. The van der Waals surface area contributed by atoms with Crippen molar-refractivity contribution in [3.05, 3.63) is 28.2 Å². The summed E-state index contributed by atoms with van der Waals surface area (Å²) >= 11 is 3.29. The van der Waals surface area contributed by atoms with E-state index in [4.69, 9.17) is 9.84 Å². The molecule has 1 fully saturated rings. The number of morpholine rings is 1. The van der Waals surface area contributed by atoms with Crippen molar-refractivity contribution in [2.24, 2.45) is 0 Å². The highest BCUT2D eigenvalue weighted by molar-refractivity contribution is 9.10. The van der Waals surface area contributed by atoms with Crippen molar-refractivity contribution >= 4 is 26.0 Å². The predicted molar refractivity (Wildman–Crippen MR) is 83.4 cm³/mol. The van der Waals surface area contributed by atoms with Gasteiger partial charge in [0, 0.05) is 17.6 Å². The molecule has 0 aliphatic carbocycles. The summed E-state index contributed by atoms with van der Waals surface area (Å²) in [5, 5.41) is 9.11. The first-order valence-electron chi connectivity index (χ1n) is 6.73. The van der Waals surface area contributed by atoms with E-state index < -0.39 is 15.6 Å². The number of aliphatic hydroxyl groups excluding tert-OH is 1. The second-order valence-electron chi connectivity index (χ2n) is 5.91. The normalized spacial score (nSPS) is 23.2. The average Bonchev–Trinajstić information content (AvgIpc) is 2.35. The molecule has 0 aromatic heterocycles. The molecule has 0 bridgehead atoms. The smallest absolute Gasteiger partial charge is 0.244 e. The first kappa shape index (κ1) is 16.9. The summed E-state index contributed by atoms with van der Waals surface area (Å²) in [6.07, 6.45) is -0.154. The van der Waals surface area contributed by atoms with Crippen molar-refractivity contribution in [2.75, 3.05) is 13.1 Å². The molecule has 21 heavy (non-hydrogen) atoms. The van der Waals surface area contributed by atoms with Crippen LogP contribution in [0.4, 0.5) is 0 Å². The van der Waals surface area contributed by atoms with E-state index in [1.807, 2.05) is 20.8 Å². The van der Waals surface area contributed by atoms with Crippen LogP contribution in [-0.2, 0) is 21.4 Å². The summed E-state index contributed by atoms with van der Waals surface area (Å²) in [4.78, 5) is 0.213. The van der Waals surface area contributed by atoms with Crippen LogP contribution in [0.3, 0.4) is 0 Å². The maximum atomic E-state index is 12.8. The van der Waals surface area contributed by atoms with Crippen molar-refractivity contribution in [1.29, 1.82) is 0 Å². The molecule has 0 saturated carbocycles. The Morgan fingerprint density at radius 3 is 2.67 bits per heavy atom. The van der Waals surface area contributed by atoms with E-state index >= 15 is 0 Å². The molecule has 1 N–H and O–H groups in total. The van der Waals surface area contributed by atoms with Gasteiger partial charge in [0.15, 0.2) is 0 Å². The van der Waals surface area contributed by atoms with Gasteiger partial charge in [-0.05, 0) is 54.4 Å². The second kappa shape index (κ2) is 5.96. The Morgan fingerprint density at radius 1 is 1.48 bits per heavy atom. The molecular weight excluding hydrogens is 358 g/mol. The Bertz CT molecular complexity index is 630. The lowest BCUT2D eigenvalue weighted by molar-refractivity contribution is -0.109. The van der Waals surface area contributed by atoms with Crippen LogP contribution >= 0.6 is 15.9 Å². The fourth-order valence-electron chi connectivity index (χ4n) is 2.57. The lowest BCUT2D eigenvalue weighted by Crippen LogP contribution is -2.53. The molecule has 0 amide bonds. The number of ether oxygens (including phenoxy) is 1. The second-order valence-corrected chi connectivity index (χ2v) is 8.67. The molecule has 1 heterocycles. The highest BCUT2D eigenvalue weighted by Gasteiger charge is 2.38. The van der Waals surface area contributed by atoms with Crippen LogP contribution in [-0.4, -0.2) is 42.6 Å². The fraction of sp³-hybridized carbons (Fsp3) is 0.571. The van der Waals surface area contributed by atoms with Gasteiger partial charge in [-0.3, -0.25) is 0 Å². The van der Waals surface area contributed by atoms with Gasteiger partial charge in [0.25, 0.3) is 0 Å². The Labute approximate surface area is 134 Å². The van der Waals surface area contributed by atoms with E-state index in [-0.39, 0.29) is 17.6 Å². The third-order valence-electron chi connectivity index (χ3n) is 3.33. The van der Waals surface area contributed by atoms with Gasteiger partial charge in [0.1, 0.15) is 0 Å². The summed E-state index contributed by atoms with van der Waals surface area (Å²) in [6.45, 7) is 6.16. The number of benzene rings is 1. The standard InChI is InChI=1S/C14H20BrNO4S/c1-10-7-16(9-14(2,3)20-10)21(18,19)13-5-4-11(8-17)6-12(13)15/h4-6,10,17H,7-9H2,1-3H3. The van der Waals surface area contributed by atoms with Crippen molar-refractivity contribution in [1.82, 2.24) is 4.31 Å². The molecule has 1 saturated heterocycles. The highest BCUT2D eigenvalue weighted by Crippen LogP contribution is 2.30. The van der Waals surface area contributed by atoms with E-state index in [1.165, 1.54) is 10.4 Å². The average molecular weight is 378 g/mol. The zero-order valence-corrected chi connectivity index (χ0v) is 14.7. The van der Waals surface area contributed by atoms with Crippen LogP contribution in [0.2, 0.25) is 0 Å². The van der Waals surface area contributed by atoms with E-state index in [2.05, 4.69) is 15.9 Å². The Hall–Kier alpha value is -0.470. The minimum absolute atomic E-state index is 0.124. The number of hydrogen-bond acceptors (Lipinski definition) is 4. The van der Waals surface area contributed by atoms with E-state index in [0.717, 1.165) is 0 Å². The summed E-state index contributed by atoms with van der Waals surface area (Å²) in [7, 11) is -3.60. The summed E-state index contributed by atoms with van der Waals surface area (Å²) in [6, 6.07) is 4.77. The maximum Gasteiger partial charge on any atom is 0.244 e. The van der Waals surface area contributed by atoms with Gasteiger partial charge in [-0.15, -0.1) is 0 Å². The van der Waals surface area contributed by atoms with E-state index in [9.17, 15) is 8.42 Å². The molecule has 1 aromatic rings. The number of sulfonamides is 1. The first-order valence-corrected chi connectivity index (χ1v) is 8.96. The number of hydrogen-bond donors (Lipinski definition) is 1. The van der Waals surface area contributed by atoms with Crippen LogP contribution in [0.1, 0.15) is 26.3 Å². The molecule has 1 aliphatic heterocycles. The van der Waals surface area contributed by atoms with Crippen LogP contribution in [0.5, 0.6) is 0 Å². The number of halogens is 1. The van der Waals surface area contributed by atoms with E-state index in [1.54, 1.807) is 12.1 Å². The zero-order valence-electron chi connectivity index (χ0n) is 12.3. The van der Waals surface area contributed by atoms with E-state index in [0.29, 0.717) is 23.1 Å². The van der Waals surface area contributed by atoms with Gasteiger partial charge >= 0.3 is 0 Å². The Kier molecular flexibility index (Phi) is 4.80. The zero-order chi connectivity index (χ0) is 15.8. The molecule has 0 spiro atoms. The largest absolute Gasteiger partial charge is 0.392 e. The molecule has 2 rings (SSSR count). The van der Waals surface area contributed by atoms with Gasteiger partial charge in [-0.1, -0.05) is 6.07 Å². The minimum Gasteiger partial charge on any atom is -0.392 e. The minimum atomic E-state index is -3.60. The third kappa shape index (κ3) is 3.65. The first-order chi connectivity index (χ1) is 9.65. The topological polar surface area (TPSA) is 66.8 Å². The number of rotatable bonds is 3. The molecule has 1 aromatic carbocycles. The molecule has 118 valence electrons. The van der Waals surface area contributed by atoms with Crippen molar-refractivity contribution in [2.45, 2.75) is 44.0 Å².